The van der Waals surface area contributed by atoms with Crippen molar-refractivity contribution in [2.24, 2.45) is 0 Å². The molecule has 0 unspecified atom stereocenters. The van der Waals surface area contributed by atoms with E-state index in [4.69, 9.17) is 11.6 Å². The molecular weight excluding hydrogens is 306 g/mol. The molecule has 0 saturated heterocycles. The predicted octanol–water partition coefficient (Wildman–Crippen LogP) is 2.23. The van der Waals surface area contributed by atoms with E-state index in [2.05, 4.69) is 17.2 Å². The summed E-state index contributed by atoms with van der Waals surface area (Å²) in [5.41, 5.74) is 1.85. The maximum absolute atomic E-state index is 11.9. The van der Waals surface area contributed by atoms with E-state index >= 15 is 0 Å². The summed E-state index contributed by atoms with van der Waals surface area (Å²) in [7, 11) is 0. The van der Waals surface area contributed by atoms with Crippen molar-refractivity contribution in [3.05, 3.63) is 68.5 Å². The lowest BCUT2D eigenvalue weighted by Crippen LogP contribution is -2.83. The van der Waals surface area contributed by atoms with Crippen LogP contribution in [0.1, 0.15) is 24.2 Å². The van der Waals surface area contributed by atoms with Crippen molar-refractivity contribution in [1.82, 2.24) is 9.38 Å². The summed E-state index contributed by atoms with van der Waals surface area (Å²) in [6, 6.07) is 9.62. The molecule has 0 aliphatic heterocycles. The second-order valence-corrected chi connectivity index (χ2v) is 6.17. The first kappa shape index (κ1) is 14.3. The number of nitrogens with zero attached hydrogens (tertiary/aromatic N) is 2. The highest BCUT2D eigenvalue weighted by molar-refractivity contribution is 7.15. The monoisotopic (exact) mass is 320 g/mol. The first-order chi connectivity index (χ1) is 10.1. The normalized spacial score (nSPS) is 12.7. The molecule has 4 nitrogen and oxygen atoms in total. The number of fused-ring (bicyclic) bond motifs is 1. The molecule has 21 heavy (non-hydrogen) atoms. The molecule has 0 spiro atoms. The van der Waals surface area contributed by atoms with Gasteiger partial charge in [0.1, 0.15) is 18.3 Å². The number of quaternary nitrogens is 1. The maximum Gasteiger partial charge on any atom is 0.258 e. The van der Waals surface area contributed by atoms with Crippen LogP contribution < -0.4 is 10.9 Å². The van der Waals surface area contributed by atoms with Crippen LogP contribution in [-0.4, -0.2) is 9.38 Å². The van der Waals surface area contributed by atoms with Crippen LogP contribution in [0.25, 0.3) is 4.96 Å². The van der Waals surface area contributed by atoms with Gasteiger partial charge in [0.15, 0.2) is 4.96 Å². The van der Waals surface area contributed by atoms with Crippen molar-refractivity contribution in [2.75, 3.05) is 0 Å². The Hall–Kier alpha value is -1.69. The predicted molar refractivity (Wildman–Crippen MR) is 84.8 cm³/mol. The largest absolute Gasteiger partial charge is 0.335 e. The van der Waals surface area contributed by atoms with Gasteiger partial charge in [0.05, 0.1) is 0 Å². The number of nitrogens with two attached hydrogens (primary N) is 1. The number of hydrogen-bond donors (Lipinski definition) is 1. The molecule has 2 heterocycles. The average molecular weight is 321 g/mol. The van der Waals surface area contributed by atoms with Gasteiger partial charge in [-0.15, -0.1) is 11.3 Å². The van der Waals surface area contributed by atoms with Gasteiger partial charge in [-0.25, -0.2) is 4.98 Å². The molecule has 1 atom stereocenters. The van der Waals surface area contributed by atoms with E-state index in [1.54, 1.807) is 16.7 Å². The lowest BCUT2D eigenvalue weighted by Gasteiger charge is -2.12. The SMILES string of the molecule is C[C@@H]([NH2+]Cc1cc(=O)n2ccsc2n1)c1ccccc1Cl. The fourth-order valence-corrected chi connectivity index (χ4v) is 3.31. The molecule has 0 amide bonds. The lowest BCUT2D eigenvalue weighted by molar-refractivity contribution is -0.708. The summed E-state index contributed by atoms with van der Waals surface area (Å²) in [5.74, 6) is 0. The zero-order chi connectivity index (χ0) is 14.8. The van der Waals surface area contributed by atoms with E-state index in [0.717, 1.165) is 21.2 Å². The molecular formula is C15H15ClN3OS+. The molecule has 0 radical (unpaired) electrons. The summed E-state index contributed by atoms with van der Waals surface area (Å²) in [4.78, 5) is 17.2. The minimum absolute atomic E-state index is 0.0324. The molecule has 0 fully saturated rings. The van der Waals surface area contributed by atoms with E-state index < -0.39 is 0 Å². The Labute approximate surface area is 131 Å². The van der Waals surface area contributed by atoms with E-state index in [9.17, 15) is 4.79 Å². The molecule has 3 aromatic rings. The molecule has 0 bridgehead atoms. The zero-order valence-corrected chi connectivity index (χ0v) is 13.1. The van der Waals surface area contributed by atoms with Crippen molar-refractivity contribution >= 4 is 27.9 Å². The zero-order valence-electron chi connectivity index (χ0n) is 11.5. The Bertz CT molecular complexity index is 827. The Morgan fingerprint density at radius 1 is 1.43 bits per heavy atom. The van der Waals surface area contributed by atoms with Crippen LogP contribution in [0.4, 0.5) is 0 Å². The van der Waals surface area contributed by atoms with Gasteiger partial charge in [-0.05, 0) is 13.0 Å². The minimum Gasteiger partial charge on any atom is -0.335 e. The van der Waals surface area contributed by atoms with Crippen molar-refractivity contribution in [3.8, 4) is 0 Å². The van der Waals surface area contributed by atoms with Crippen molar-refractivity contribution in [3.63, 3.8) is 0 Å². The van der Waals surface area contributed by atoms with Gasteiger partial charge in [-0.1, -0.05) is 29.8 Å². The third-order valence-electron chi connectivity index (χ3n) is 3.43. The summed E-state index contributed by atoms with van der Waals surface area (Å²) < 4.78 is 1.56. The van der Waals surface area contributed by atoms with Crippen LogP contribution in [-0.2, 0) is 6.54 Å². The topological polar surface area (TPSA) is 51.0 Å². The first-order valence-corrected chi connectivity index (χ1v) is 7.94. The van der Waals surface area contributed by atoms with E-state index in [1.165, 1.54) is 11.3 Å². The first-order valence-electron chi connectivity index (χ1n) is 6.68. The van der Waals surface area contributed by atoms with Crippen molar-refractivity contribution in [2.45, 2.75) is 19.5 Å². The Morgan fingerprint density at radius 2 is 2.24 bits per heavy atom. The lowest BCUT2D eigenvalue weighted by atomic mass is 10.1. The van der Waals surface area contributed by atoms with E-state index in [0.29, 0.717) is 6.54 Å². The van der Waals surface area contributed by atoms with Gasteiger partial charge >= 0.3 is 0 Å². The molecule has 108 valence electrons. The fourth-order valence-electron chi connectivity index (χ4n) is 2.26. The second-order valence-electron chi connectivity index (χ2n) is 4.89. The highest BCUT2D eigenvalue weighted by atomic mass is 35.5. The van der Waals surface area contributed by atoms with E-state index in [-0.39, 0.29) is 11.6 Å². The second kappa shape index (κ2) is 5.97. The third kappa shape index (κ3) is 3.00. The molecule has 1 aromatic carbocycles. The summed E-state index contributed by atoms with van der Waals surface area (Å²) in [5, 5.41) is 4.76. The van der Waals surface area contributed by atoms with Gasteiger partial charge in [0.2, 0.25) is 0 Å². The molecule has 0 aliphatic carbocycles. The van der Waals surface area contributed by atoms with Crippen LogP contribution in [0.3, 0.4) is 0 Å². The van der Waals surface area contributed by atoms with Gasteiger partial charge < -0.3 is 5.32 Å². The molecule has 2 aromatic heterocycles. The van der Waals surface area contributed by atoms with Crippen LogP contribution in [0, 0.1) is 0 Å². The molecule has 2 N–H and O–H groups in total. The Kier molecular flexibility index (Phi) is 4.05. The smallest absolute Gasteiger partial charge is 0.258 e. The fraction of sp³-hybridized carbons (Fsp3) is 0.200. The van der Waals surface area contributed by atoms with Crippen LogP contribution in [0.2, 0.25) is 5.02 Å². The van der Waals surface area contributed by atoms with E-state index in [1.807, 2.05) is 29.6 Å². The highest BCUT2D eigenvalue weighted by Gasteiger charge is 2.13. The average Bonchev–Trinajstić information content (AvgIpc) is 2.94. The maximum atomic E-state index is 11.9. The van der Waals surface area contributed by atoms with Gasteiger partial charge in [-0.2, -0.15) is 0 Å². The van der Waals surface area contributed by atoms with Crippen LogP contribution >= 0.6 is 22.9 Å². The number of benzene rings is 1. The third-order valence-corrected chi connectivity index (χ3v) is 4.53. The van der Waals surface area contributed by atoms with Crippen LogP contribution in [0.5, 0.6) is 0 Å². The standard InChI is InChI=1S/C15H14ClN3OS/c1-10(12-4-2-3-5-13(12)16)17-9-11-8-14(20)19-6-7-21-15(19)18-11/h2-8,10,17H,9H2,1H3/p+1/t10-/m1/s1. The Morgan fingerprint density at radius 3 is 3.05 bits per heavy atom. The number of aromatic nitrogens is 2. The number of thiazole rings is 1. The van der Waals surface area contributed by atoms with Crippen molar-refractivity contribution in [1.29, 1.82) is 0 Å². The van der Waals surface area contributed by atoms with Gasteiger partial charge in [0, 0.05) is 28.2 Å². The molecule has 3 rings (SSSR count). The molecule has 0 saturated carbocycles. The number of rotatable bonds is 4. The number of halogens is 1. The van der Waals surface area contributed by atoms with Gasteiger partial charge in [0.25, 0.3) is 5.56 Å². The van der Waals surface area contributed by atoms with Crippen LogP contribution in [0.15, 0.2) is 46.7 Å². The summed E-state index contributed by atoms with van der Waals surface area (Å²) >= 11 is 7.67. The summed E-state index contributed by atoms with van der Waals surface area (Å²) in [6.07, 6.45) is 1.75. The van der Waals surface area contributed by atoms with Crippen molar-refractivity contribution < 1.29 is 5.32 Å². The quantitative estimate of drug-likeness (QED) is 0.801. The Balaban J connectivity index is 1.77. The molecule has 0 aliphatic rings. The summed E-state index contributed by atoms with van der Waals surface area (Å²) in [6.45, 7) is 2.74. The number of hydrogen-bond acceptors (Lipinski definition) is 3. The molecule has 6 heteroatoms. The van der Waals surface area contributed by atoms with Gasteiger partial charge in [-0.3, -0.25) is 9.20 Å². The minimum atomic E-state index is -0.0324. The highest BCUT2D eigenvalue weighted by Crippen LogP contribution is 2.19.